The largest absolute Gasteiger partial charge is 0.0886 e. The molecule has 0 nitrogen and oxygen atoms in total. The maximum atomic E-state index is 2.28. The van der Waals surface area contributed by atoms with Crippen LogP contribution in [0.25, 0.3) is 0 Å². The normalized spacial score (nSPS) is 32.0. The smallest absolute Gasteiger partial charge is 0.0862 e. The minimum Gasteiger partial charge on any atom is -0.0862 e. The van der Waals surface area contributed by atoms with Gasteiger partial charge in [-0.25, -0.2) is 0 Å². The second-order valence-corrected chi connectivity index (χ2v) is 5.11. The lowest BCUT2D eigenvalue weighted by atomic mass is 10.3. The summed E-state index contributed by atoms with van der Waals surface area (Å²) in [6.45, 7) is 0. The number of hydrogen-bond acceptors (Lipinski definition) is 2. The van der Waals surface area contributed by atoms with Crippen LogP contribution in [0.4, 0.5) is 0 Å². The van der Waals surface area contributed by atoms with Crippen LogP contribution < -0.4 is 0 Å². The number of allylic oxidation sites excluding steroid dienone is 2. The molecule has 0 saturated carbocycles. The van der Waals surface area contributed by atoms with Crippen LogP contribution >= 0.6 is 21.6 Å². The Morgan fingerprint density at radius 1 is 1.14 bits per heavy atom. The van der Waals surface area contributed by atoms with Crippen LogP contribution in [-0.4, -0.2) is 4.08 Å². The minimum atomic E-state index is 0.667. The topological polar surface area (TPSA) is 0 Å². The lowest BCUT2D eigenvalue weighted by Gasteiger charge is -1.92. The molecule has 2 aliphatic rings. The first-order valence-corrected chi connectivity index (χ1v) is 4.58. The predicted molar refractivity (Wildman–Crippen MR) is 36.3 cm³/mol. The van der Waals surface area contributed by atoms with Crippen molar-refractivity contribution < 1.29 is 0 Å². The molecule has 0 atom stereocenters. The summed E-state index contributed by atoms with van der Waals surface area (Å²) in [5.41, 5.74) is 0. The van der Waals surface area contributed by atoms with Gasteiger partial charge in [-0.2, -0.15) is 0 Å². The van der Waals surface area contributed by atoms with Crippen molar-refractivity contribution in [2.45, 2.75) is 16.9 Å². The third-order valence-electron chi connectivity index (χ3n) is 1.34. The summed E-state index contributed by atoms with van der Waals surface area (Å²) >= 11 is 0. The fourth-order valence-electron chi connectivity index (χ4n) is 0.804. The van der Waals surface area contributed by atoms with Crippen molar-refractivity contribution >= 4 is 21.6 Å². The van der Waals surface area contributed by atoms with Crippen molar-refractivity contribution in [3.8, 4) is 0 Å². The van der Waals surface area contributed by atoms with Crippen LogP contribution in [-0.2, 0) is 0 Å². The second kappa shape index (κ2) is 1.23. The van der Waals surface area contributed by atoms with E-state index in [9.17, 15) is 0 Å². The minimum absolute atomic E-state index is 0.667. The zero-order valence-electron chi connectivity index (χ0n) is 3.89. The first-order valence-electron chi connectivity index (χ1n) is 2.43. The van der Waals surface area contributed by atoms with Crippen molar-refractivity contribution in [3.63, 3.8) is 0 Å². The highest BCUT2D eigenvalue weighted by Gasteiger charge is 2.45. The Morgan fingerprint density at radius 2 is 1.71 bits per heavy atom. The third-order valence-corrected chi connectivity index (χ3v) is 4.56. The van der Waals surface area contributed by atoms with E-state index in [-0.39, 0.29) is 0 Å². The highest BCUT2D eigenvalue weighted by atomic mass is 33.2. The van der Waals surface area contributed by atoms with Crippen LogP contribution in [0.15, 0.2) is 12.2 Å². The molecule has 1 heterocycles. The molecule has 2 rings (SSSR count). The maximum absolute atomic E-state index is 2.28. The third kappa shape index (κ3) is 0.609. The number of hydrogen-bond donors (Lipinski definition) is 0. The van der Waals surface area contributed by atoms with E-state index < -0.39 is 0 Å². The Hall–Kier alpha value is 0.440. The van der Waals surface area contributed by atoms with Gasteiger partial charge in [0, 0.05) is 0 Å². The van der Waals surface area contributed by atoms with Crippen molar-refractivity contribution in [2.75, 3.05) is 0 Å². The average Bonchev–Trinajstić information content (AvgIpc) is 2.15. The molecule has 0 aromatic rings. The summed E-state index contributed by atoms with van der Waals surface area (Å²) in [7, 11) is 4.06. The molecule has 0 bridgehead atoms. The molecule has 0 N–H and O–H groups in total. The van der Waals surface area contributed by atoms with Crippen LogP contribution in [0.2, 0.25) is 0 Å². The summed E-state index contributed by atoms with van der Waals surface area (Å²) in [4.78, 5) is 0. The van der Waals surface area contributed by atoms with Crippen LogP contribution in [0, 0.1) is 0 Å². The summed E-state index contributed by atoms with van der Waals surface area (Å²) in [5, 5.41) is 0. The van der Waals surface area contributed by atoms with Gasteiger partial charge in [-0.3, -0.25) is 0 Å². The first-order chi connectivity index (χ1) is 3.41. The summed E-state index contributed by atoms with van der Waals surface area (Å²) in [6.07, 6.45) is 7.19. The predicted octanol–water partition coefficient (Wildman–Crippen LogP) is 2.43. The molecule has 7 heavy (non-hydrogen) atoms. The molecular formula is C5H6S2. The van der Waals surface area contributed by atoms with Gasteiger partial charge in [-0.1, -0.05) is 33.7 Å². The molecule has 1 fully saturated rings. The Morgan fingerprint density at radius 3 is 2.00 bits per heavy atom. The van der Waals surface area contributed by atoms with Crippen LogP contribution in [0.3, 0.4) is 0 Å². The Labute approximate surface area is 51.1 Å². The van der Waals surface area contributed by atoms with Crippen molar-refractivity contribution in [1.29, 1.82) is 0 Å². The van der Waals surface area contributed by atoms with Gasteiger partial charge in [0.2, 0.25) is 0 Å². The van der Waals surface area contributed by atoms with E-state index in [0.717, 1.165) is 0 Å². The van der Waals surface area contributed by atoms with Crippen molar-refractivity contribution in [3.05, 3.63) is 12.2 Å². The molecule has 1 spiro atoms. The van der Waals surface area contributed by atoms with E-state index >= 15 is 0 Å². The lowest BCUT2D eigenvalue weighted by Crippen LogP contribution is -1.93. The average molecular weight is 130 g/mol. The molecule has 0 aromatic carbocycles. The van der Waals surface area contributed by atoms with Crippen molar-refractivity contribution in [1.82, 2.24) is 0 Å². The van der Waals surface area contributed by atoms with Gasteiger partial charge in [0.05, 0.1) is 4.08 Å². The van der Waals surface area contributed by atoms with Crippen molar-refractivity contribution in [2.24, 2.45) is 0 Å². The monoisotopic (exact) mass is 130 g/mol. The highest BCUT2D eigenvalue weighted by Crippen LogP contribution is 2.70. The highest BCUT2D eigenvalue weighted by molar-refractivity contribution is 8.93. The van der Waals surface area contributed by atoms with Gasteiger partial charge in [0.25, 0.3) is 0 Å². The second-order valence-electron chi connectivity index (χ2n) is 1.96. The zero-order valence-corrected chi connectivity index (χ0v) is 5.52. The van der Waals surface area contributed by atoms with Gasteiger partial charge in [0.15, 0.2) is 0 Å². The molecule has 0 amide bonds. The van der Waals surface area contributed by atoms with Gasteiger partial charge in [-0.05, 0) is 12.8 Å². The lowest BCUT2D eigenvalue weighted by molar-refractivity contribution is 0.916. The number of rotatable bonds is 0. The van der Waals surface area contributed by atoms with Gasteiger partial charge in [0.1, 0.15) is 0 Å². The fourth-order valence-corrected chi connectivity index (χ4v) is 2.75. The first kappa shape index (κ1) is 4.33. The van der Waals surface area contributed by atoms with Gasteiger partial charge < -0.3 is 0 Å². The van der Waals surface area contributed by atoms with E-state index in [1.807, 2.05) is 21.6 Å². The summed E-state index contributed by atoms with van der Waals surface area (Å²) < 4.78 is 0.667. The molecule has 1 saturated heterocycles. The summed E-state index contributed by atoms with van der Waals surface area (Å²) in [6, 6.07) is 0. The molecule has 38 valence electrons. The molecule has 1 aliphatic heterocycles. The molecular weight excluding hydrogens is 124 g/mol. The SMILES string of the molecule is C1=CCC2(C1)SS2. The Balaban J connectivity index is 2.14. The molecule has 0 aromatic heterocycles. The fraction of sp³-hybridized carbons (Fsp3) is 0.600. The molecule has 0 radical (unpaired) electrons. The maximum Gasteiger partial charge on any atom is 0.0886 e. The zero-order chi connectivity index (χ0) is 4.74. The standard InChI is InChI=1S/C5H6S2/c1-2-4-5(3-1)6-7-5/h1-2H,3-4H2. The molecule has 0 unspecified atom stereocenters. The van der Waals surface area contributed by atoms with Gasteiger partial charge in [-0.15, -0.1) is 0 Å². The van der Waals surface area contributed by atoms with E-state index in [0.29, 0.717) is 4.08 Å². The van der Waals surface area contributed by atoms with E-state index in [1.54, 1.807) is 0 Å². The van der Waals surface area contributed by atoms with E-state index in [1.165, 1.54) is 12.8 Å². The van der Waals surface area contributed by atoms with E-state index in [4.69, 9.17) is 0 Å². The van der Waals surface area contributed by atoms with Crippen LogP contribution in [0.1, 0.15) is 12.8 Å². The van der Waals surface area contributed by atoms with Gasteiger partial charge >= 0.3 is 0 Å². The Kier molecular flexibility index (Phi) is 0.762. The van der Waals surface area contributed by atoms with Crippen LogP contribution in [0.5, 0.6) is 0 Å². The quantitative estimate of drug-likeness (QED) is 0.280. The molecule has 1 aliphatic carbocycles. The van der Waals surface area contributed by atoms with E-state index in [2.05, 4.69) is 12.2 Å². The molecule has 2 heteroatoms. The summed E-state index contributed by atoms with van der Waals surface area (Å²) in [5.74, 6) is 0. The Bertz CT molecular complexity index is 103.